The monoisotopic (exact) mass is 277 g/mol. The third-order valence-electron chi connectivity index (χ3n) is 4.50. The van der Waals surface area contributed by atoms with Crippen LogP contribution in [0.2, 0.25) is 0 Å². The number of piperazine rings is 1. The lowest BCUT2D eigenvalue weighted by Crippen LogP contribution is -2.51. The fourth-order valence-corrected chi connectivity index (χ4v) is 3.25. The first-order valence-electron chi connectivity index (χ1n) is 7.72. The van der Waals surface area contributed by atoms with Crippen molar-refractivity contribution in [2.24, 2.45) is 0 Å². The van der Waals surface area contributed by atoms with Crippen LogP contribution >= 0.6 is 0 Å². The van der Waals surface area contributed by atoms with Crippen molar-refractivity contribution in [1.29, 1.82) is 0 Å². The molecule has 1 aliphatic carbocycles. The second kappa shape index (κ2) is 5.91. The number of aryl methyl sites for hydroxylation is 1. The van der Waals surface area contributed by atoms with Crippen molar-refractivity contribution in [2.75, 3.05) is 26.2 Å². The molecule has 2 fully saturated rings. The van der Waals surface area contributed by atoms with E-state index in [0.29, 0.717) is 5.82 Å². The maximum Gasteiger partial charge on any atom is 0.293 e. The SMILES string of the molecule is CCc1nc(C(=O)N2CCN(C3CCCC3)CC2)n[nH]1. The zero-order chi connectivity index (χ0) is 13.9. The van der Waals surface area contributed by atoms with E-state index in [-0.39, 0.29) is 5.91 Å². The molecule has 1 N–H and O–H groups in total. The third kappa shape index (κ3) is 2.70. The topological polar surface area (TPSA) is 65.1 Å². The number of carbonyl (C=O) groups excluding carboxylic acids is 1. The number of carbonyl (C=O) groups is 1. The van der Waals surface area contributed by atoms with Crippen molar-refractivity contribution in [2.45, 2.75) is 45.1 Å². The van der Waals surface area contributed by atoms with Gasteiger partial charge in [-0.15, -0.1) is 5.10 Å². The van der Waals surface area contributed by atoms with E-state index < -0.39 is 0 Å². The summed E-state index contributed by atoms with van der Waals surface area (Å²) in [5, 5.41) is 6.83. The molecule has 0 unspecified atom stereocenters. The van der Waals surface area contributed by atoms with Gasteiger partial charge in [0.2, 0.25) is 5.82 Å². The Kier molecular flexibility index (Phi) is 4.00. The second-order valence-corrected chi connectivity index (χ2v) is 5.73. The highest BCUT2D eigenvalue weighted by molar-refractivity contribution is 5.90. The number of aromatic amines is 1. The number of nitrogens with one attached hydrogen (secondary N) is 1. The van der Waals surface area contributed by atoms with Gasteiger partial charge in [0, 0.05) is 38.6 Å². The fourth-order valence-electron chi connectivity index (χ4n) is 3.25. The third-order valence-corrected chi connectivity index (χ3v) is 4.50. The number of amides is 1. The number of nitrogens with zero attached hydrogens (tertiary/aromatic N) is 4. The highest BCUT2D eigenvalue weighted by atomic mass is 16.2. The van der Waals surface area contributed by atoms with E-state index in [1.165, 1.54) is 25.7 Å². The summed E-state index contributed by atoms with van der Waals surface area (Å²) in [4.78, 5) is 21.0. The van der Waals surface area contributed by atoms with Gasteiger partial charge in [0.25, 0.3) is 5.91 Å². The predicted octanol–water partition coefficient (Wildman–Crippen LogP) is 1.07. The summed E-state index contributed by atoms with van der Waals surface area (Å²) >= 11 is 0. The first kappa shape index (κ1) is 13.5. The van der Waals surface area contributed by atoms with E-state index in [9.17, 15) is 4.79 Å². The van der Waals surface area contributed by atoms with Gasteiger partial charge >= 0.3 is 0 Å². The van der Waals surface area contributed by atoms with Crippen LogP contribution in [0.3, 0.4) is 0 Å². The molecule has 1 aliphatic heterocycles. The van der Waals surface area contributed by atoms with Gasteiger partial charge in [-0.3, -0.25) is 14.8 Å². The van der Waals surface area contributed by atoms with Crippen LogP contribution in [0.15, 0.2) is 0 Å². The molecule has 1 aromatic rings. The molecule has 6 heteroatoms. The Balaban J connectivity index is 1.55. The minimum absolute atomic E-state index is 0.0352. The van der Waals surface area contributed by atoms with Gasteiger partial charge in [-0.1, -0.05) is 19.8 Å². The van der Waals surface area contributed by atoms with Gasteiger partial charge in [-0.05, 0) is 12.8 Å². The summed E-state index contributed by atoms with van der Waals surface area (Å²) in [6.45, 7) is 5.56. The molecule has 1 amide bonds. The molecule has 3 rings (SSSR count). The van der Waals surface area contributed by atoms with Crippen LogP contribution in [-0.4, -0.2) is 63.1 Å². The number of hydrogen-bond acceptors (Lipinski definition) is 4. The molecule has 0 aromatic carbocycles. The summed E-state index contributed by atoms with van der Waals surface area (Å²) in [6.07, 6.45) is 6.15. The van der Waals surface area contributed by atoms with Gasteiger partial charge in [-0.25, -0.2) is 4.98 Å². The number of aromatic nitrogens is 3. The van der Waals surface area contributed by atoms with Crippen LogP contribution in [0.25, 0.3) is 0 Å². The van der Waals surface area contributed by atoms with Crippen LogP contribution in [0.1, 0.15) is 49.1 Å². The average molecular weight is 277 g/mol. The average Bonchev–Trinajstić information content (AvgIpc) is 3.18. The Morgan fingerprint density at radius 2 is 1.95 bits per heavy atom. The molecular weight excluding hydrogens is 254 g/mol. The Morgan fingerprint density at radius 1 is 1.25 bits per heavy atom. The zero-order valence-corrected chi connectivity index (χ0v) is 12.1. The minimum Gasteiger partial charge on any atom is -0.333 e. The summed E-state index contributed by atoms with van der Waals surface area (Å²) in [5.74, 6) is 1.06. The Hall–Kier alpha value is -1.43. The van der Waals surface area contributed by atoms with Crippen LogP contribution in [0.4, 0.5) is 0 Å². The predicted molar refractivity (Wildman–Crippen MR) is 75.5 cm³/mol. The molecule has 2 heterocycles. The van der Waals surface area contributed by atoms with Crippen molar-refractivity contribution in [1.82, 2.24) is 25.0 Å². The lowest BCUT2D eigenvalue weighted by Gasteiger charge is -2.37. The van der Waals surface area contributed by atoms with Gasteiger partial charge in [0.05, 0.1) is 0 Å². The fraction of sp³-hybridized carbons (Fsp3) is 0.786. The van der Waals surface area contributed by atoms with Gasteiger partial charge in [-0.2, -0.15) is 0 Å². The molecule has 2 aliphatic rings. The zero-order valence-electron chi connectivity index (χ0n) is 12.1. The maximum atomic E-state index is 12.3. The summed E-state index contributed by atoms with van der Waals surface area (Å²) in [7, 11) is 0. The summed E-state index contributed by atoms with van der Waals surface area (Å²) < 4.78 is 0. The van der Waals surface area contributed by atoms with E-state index in [1.54, 1.807) is 0 Å². The number of rotatable bonds is 3. The molecule has 0 radical (unpaired) electrons. The van der Waals surface area contributed by atoms with Crippen molar-refractivity contribution in [3.63, 3.8) is 0 Å². The Bertz CT molecular complexity index is 458. The van der Waals surface area contributed by atoms with Crippen LogP contribution < -0.4 is 0 Å². The Labute approximate surface area is 119 Å². The molecular formula is C14H23N5O. The van der Waals surface area contributed by atoms with E-state index in [4.69, 9.17) is 0 Å². The molecule has 1 aromatic heterocycles. The van der Waals surface area contributed by atoms with Crippen molar-refractivity contribution in [3.05, 3.63) is 11.6 Å². The first-order chi connectivity index (χ1) is 9.78. The highest BCUT2D eigenvalue weighted by Gasteiger charge is 2.29. The molecule has 1 saturated heterocycles. The van der Waals surface area contributed by atoms with Crippen LogP contribution in [0, 0.1) is 0 Å². The van der Waals surface area contributed by atoms with Crippen LogP contribution in [-0.2, 0) is 6.42 Å². The minimum atomic E-state index is -0.0352. The lowest BCUT2D eigenvalue weighted by molar-refractivity contribution is 0.0562. The van der Waals surface area contributed by atoms with Crippen molar-refractivity contribution in [3.8, 4) is 0 Å². The summed E-state index contributed by atoms with van der Waals surface area (Å²) in [5.41, 5.74) is 0. The lowest BCUT2D eigenvalue weighted by atomic mass is 10.2. The Morgan fingerprint density at radius 3 is 2.55 bits per heavy atom. The molecule has 0 bridgehead atoms. The highest BCUT2D eigenvalue weighted by Crippen LogP contribution is 2.24. The smallest absolute Gasteiger partial charge is 0.293 e. The van der Waals surface area contributed by atoms with E-state index in [1.807, 2.05) is 11.8 Å². The van der Waals surface area contributed by atoms with Crippen LogP contribution in [0.5, 0.6) is 0 Å². The van der Waals surface area contributed by atoms with Crippen molar-refractivity contribution >= 4 is 5.91 Å². The standard InChI is InChI=1S/C14H23N5O/c1-2-12-15-13(17-16-12)14(20)19-9-7-18(8-10-19)11-5-3-4-6-11/h11H,2-10H2,1H3,(H,15,16,17). The molecule has 20 heavy (non-hydrogen) atoms. The quantitative estimate of drug-likeness (QED) is 0.897. The van der Waals surface area contributed by atoms with Gasteiger partial charge in [0.1, 0.15) is 5.82 Å². The number of H-pyrrole nitrogens is 1. The number of hydrogen-bond donors (Lipinski definition) is 1. The van der Waals surface area contributed by atoms with Crippen molar-refractivity contribution < 1.29 is 4.79 Å². The first-order valence-corrected chi connectivity index (χ1v) is 7.72. The van der Waals surface area contributed by atoms with E-state index in [0.717, 1.165) is 44.5 Å². The normalized spacial score (nSPS) is 21.6. The van der Waals surface area contributed by atoms with Gasteiger partial charge in [0.15, 0.2) is 0 Å². The molecule has 110 valence electrons. The second-order valence-electron chi connectivity index (χ2n) is 5.73. The molecule has 0 spiro atoms. The molecule has 1 saturated carbocycles. The van der Waals surface area contributed by atoms with Gasteiger partial charge < -0.3 is 4.90 Å². The molecule has 0 atom stereocenters. The summed E-state index contributed by atoms with van der Waals surface area (Å²) in [6, 6.07) is 0.752. The van der Waals surface area contributed by atoms with E-state index >= 15 is 0 Å². The maximum absolute atomic E-state index is 12.3. The van der Waals surface area contributed by atoms with E-state index in [2.05, 4.69) is 20.1 Å². The largest absolute Gasteiger partial charge is 0.333 e. The molecule has 6 nitrogen and oxygen atoms in total.